The maximum absolute atomic E-state index is 9.39. The number of anilines is 1. The smallest absolute Gasteiger partial charge is 0.122 e. The molecule has 1 aromatic carbocycles. The fourth-order valence-electron chi connectivity index (χ4n) is 4.37. The van der Waals surface area contributed by atoms with Crippen LogP contribution in [0.4, 0.5) is 5.69 Å². The minimum atomic E-state index is 0.218. The summed E-state index contributed by atoms with van der Waals surface area (Å²) in [5.74, 6) is 1.14. The number of β-amino-alcohol motifs (C(OH)–C–C–N with tert-alkyl or cyclic N) is 1. The van der Waals surface area contributed by atoms with Gasteiger partial charge in [0.2, 0.25) is 0 Å². The summed E-state index contributed by atoms with van der Waals surface area (Å²) in [5, 5.41) is 9.39. The summed E-state index contributed by atoms with van der Waals surface area (Å²) < 4.78 is 2.11. The molecule has 0 atom stereocenters. The number of aryl methyl sites for hydroxylation is 1. The topological polar surface area (TPSA) is 44.5 Å². The molecule has 128 valence electrons. The Morgan fingerprint density at radius 1 is 1.21 bits per heavy atom. The minimum Gasteiger partial charge on any atom is -0.395 e. The lowest BCUT2D eigenvalue weighted by atomic mass is 9.74. The van der Waals surface area contributed by atoms with Crippen LogP contribution in [0, 0.1) is 0 Å². The van der Waals surface area contributed by atoms with Crippen molar-refractivity contribution in [3.05, 3.63) is 48.0 Å². The van der Waals surface area contributed by atoms with Crippen LogP contribution in [-0.4, -0.2) is 52.3 Å². The predicted octanol–water partition coefficient (Wildman–Crippen LogP) is 1.77. The summed E-state index contributed by atoms with van der Waals surface area (Å²) >= 11 is 0. The molecule has 1 aromatic heterocycles. The zero-order chi connectivity index (χ0) is 16.6. The summed E-state index contributed by atoms with van der Waals surface area (Å²) in [6, 6.07) is 8.77. The lowest BCUT2D eigenvalue weighted by molar-refractivity contribution is 0.155. The van der Waals surface area contributed by atoms with Crippen molar-refractivity contribution in [1.29, 1.82) is 0 Å². The van der Waals surface area contributed by atoms with E-state index in [2.05, 4.69) is 50.7 Å². The number of aliphatic hydroxyl groups excluding tert-OH is 1. The van der Waals surface area contributed by atoms with Gasteiger partial charge in [-0.25, -0.2) is 4.98 Å². The number of rotatable bonds is 4. The highest BCUT2D eigenvalue weighted by Crippen LogP contribution is 2.46. The SMILES string of the molecule is Cn1ccnc1CN1CCC2(CC1)CN(CCO)c1ccccc12. The van der Waals surface area contributed by atoms with Gasteiger partial charge in [-0.3, -0.25) is 4.90 Å². The first-order valence-corrected chi connectivity index (χ1v) is 8.86. The molecule has 4 rings (SSSR count). The Bertz CT molecular complexity index is 703. The van der Waals surface area contributed by atoms with Crippen LogP contribution in [-0.2, 0) is 19.0 Å². The molecule has 2 aromatic rings. The average Bonchev–Trinajstić information content (AvgIpc) is 3.13. The molecule has 1 saturated heterocycles. The molecule has 0 amide bonds. The predicted molar refractivity (Wildman–Crippen MR) is 95.1 cm³/mol. The third-order valence-corrected chi connectivity index (χ3v) is 5.78. The van der Waals surface area contributed by atoms with Gasteiger partial charge in [-0.2, -0.15) is 0 Å². The van der Waals surface area contributed by atoms with Crippen molar-refractivity contribution < 1.29 is 5.11 Å². The van der Waals surface area contributed by atoms with Gasteiger partial charge in [0.15, 0.2) is 0 Å². The number of hydrogen-bond acceptors (Lipinski definition) is 4. The first-order chi connectivity index (χ1) is 11.7. The molecule has 1 spiro atoms. The largest absolute Gasteiger partial charge is 0.395 e. The Morgan fingerprint density at radius 2 is 2.00 bits per heavy atom. The summed E-state index contributed by atoms with van der Waals surface area (Å²) in [7, 11) is 2.06. The number of fused-ring (bicyclic) bond motifs is 2. The van der Waals surface area contributed by atoms with Gasteiger partial charge in [0.1, 0.15) is 5.82 Å². The molecule has 5 heteroatoms. The number of benzene rings is 1. The van der Waals surface area contributed by atoms with Crippen LogP contribution < -0.4 is 4.90 Å². The third kappa shape index (κ3) is 2.62. The molecule has 0 aliphatic carbocycles. The van der Waals surface area contributed by atoms with Crippen LogP contribution in [0.1, 0.15) is 24.2 Å². The normalized spacial score (nSPS) is 19.8. The molecular weight excluding hydrogens is 300 g/mol. The van der Waals surface area contributed by atoms with E-state index in [9.17, 15) is 5.11 Å². The van der Waals surface area contributed by atoms with Gasteiger partial charge in [-0.05, 0) is 37.6 Å². The van der Waals surface area contributed by atoms with Crippen molar-refractivity contribution in [2.75, 3.05) is 37.7 Å². The zero-order valence-electron chi connectivity index (χ0n) is 14.4. The Hall–Kier alpha value is -1.85. The van der Waals surface area contributed by atoms with Gasteiger partial charge < -0.3 is 14.6 Å². The monoisotopic (exact) mass is 326 g/mol. The number of aromatic nitrogens is 2. The molecule has 3 heterocycles. The Balaban J connectivity index is 1.49. The molecule has 1 N–H and O–H groups in total. The van der Waals surface area contributed by atoms with Crippen LogP contribution in [0.15, 0.2) is 36.7 Å². The third-order valence-electron chi connectivity index (χ3n) is 5.78. The van der Waals surface area contributed by atoms with Crippen molar-refractivity contribution in [2.45, 2.75) is 24.8 Å². The van der Waals surface area contributed by atoms with Crippen LogP contribution in [0.5, 0.6) is 0 Å². The Kier molecular flexibility index (Phi) is 4.06. The molecule has 2 aliphatic rings. The second-order valence-electron chi connectivity index (χ2n) is 7.17. The molecule has 0 bridgehead atoms. The highest BCUT2D eigenvalue weighted by Gasteiger charge is 2.44. The Labute approximate surface area is 143 Å². The van der Waals surface area contributed by atoms with Crippen molar-refractivity contribution in [3.8, 4) is 0 Å². The fraction of sp³-hybridized carbons (Fsp3) is 0.526. The van der Waals surface area contributed by atoms with E-state index in [0.29, 0.717) is 0 Å². The van der Waals surface area contributed by atoms with Crippen LogP contribution in [0.2, 0.25) is 0 Å². The maximum Gasteiger partial charge on any atom is 0.122 e. The molecular formula is C19H26N4O. The number of imidazole rings is 1. The maximum atomic E-state index is 9.39. The number of para-hydroxylation sites is 1. The van der Waals surface area contributed by atoms with Crippen molar-refractivity contribution in [2.24, 2.45) is 7.05 Å². The van der Waals surface area contributed by atoms with Gasteiger partial charge in [0.25, 0.3) is 0 Å². The fourth-order valence-corrected chi connectivity index (χ4v) is 4.37. The molecule has 5 nitrogen and oxygen atoms in total. The highest BCUT2D eigenvalue weighted by molar-refractivity contribution is 5.62. The second-order valence-corrected chi connectivity index (χ2v) is 7.17. The standard InChI is InChI=1S/C19H26N4O/c1-21-11-8-20-18(21)14-22-9-6-19(7-10-22)15-23(12-13-24)17-5-3-2-4-16(17)19/h2-5,8,11,24H,6-7,9-10,12-15H2,1H3. The van der Waals surface area contributed by atoms with Gasteiger partial charge in [0, 0.05) is 43.6 Å². The van der Waals surface area contributed by atoms with Gasteiger partial charge in [-0.15, -0.1) is 0 Å². The van der Waals surface area contributed by atoms with E-state index in [0.717, 1.165) is 38.5 Å². The van der Waals surface area contributed by atoms with Crippen LogP contribution >= 0.6 is 0 Å². The first kappa shape index (κ1) is 15.7. The highest BCUT2D eigenvalue weighted by atomic mass is 16.3. The summed E-state index contributed by atoms with van der Waals surface area (Å²) in [4.78, 5) is 9.34. The van der Waals surface area contributed by atoms with Crippen molar-refractivity contribution in [3.63, 3.8) is 0 Å². The van der Waals surface area contributed by atoms with Crippen LogP contribution in [0.25, 0.3) is 0 Å². The zero-order valence-corrected chi connectivity index (χ0v) is 14.4. The summed E-state index contributed by atoms with van der Waals surface area (Å²) in [5.41, 5.74) is 3.06. The molecule has 24 heavy (non-hydrogen) atoms. The van der Waals surface area contributed by atoms with Crippen LogP contribution in [0.3, 0.4) is 0 Å². The molecule has 2 aliphatic heterocycles. The van der Waals surface area contributed by atoms with E-state index in [1.54, 1.807) is 0 Å². The molecule has 0 saturated carbocycles. The number of aliphatic hydroxyl groups is 1. The second kappa shape index (κ2) is 6.22. The molecule has 1 fully saturated rings. The summed E-state index contributed by atoms with van der Waals surface area (Å²) in [6.45, 7) is 5.14. The molecule has 0 radical (unpaired) electrons. The van der Waals surface area contributed by atoms with Gasteiger partial charge >= 0.3 is 0 Å². The average molecular weight is 326 g/mol. The van der Waals surface area contributed by atoms with E-state index in [1.165, 1.54) is 24.1 Å². The quantitative estimate of drug-likeness (QED) is 0.930. The van der Waals surface area contributed by atoms with E-state index in [1.807, 2.05) is 12.4 Å². The van der Waals surface area contributed by atoms with Gasteiger partial charge in [-0.1, -0.05) is 18.2 Å². The van der Waals surface area contributed by atoms with E-state index in [-0.39, 0.29) is 12.0 Å². The summed E-state index contributed by atoms with van der Waals surface area (Å²) in [6.07, 6.45) is 6.24. The van der Waals surface area contributed by atoms with Crippen molar-refractivity contribution >= 4 is 5.69 Å². The van der Waals surface area contributed by atoms with Crippen molar-refractivity contribution in [1.82, 2.24) is 14.5 Å². The van der Waals surface area contributed by atoms with E-state index < -0.39 is 0 Å². The lowest BCUT2D eigenvalue weighted by Crippen LogP contribution is -2.45. The number of likely N-dealkylation sites (tertiary alicyclic amines) is 1. The number of nitrogens with zero attached hydrogens (tertiary/aromatic N) is 4. The first-order valence-electron chi connectivity index (χ1n) is 8.86. The van der Waals surface area contributed by atoms with E-state index >= 15 is 0 Å². The Morgan fingerprint density at radius 3 is 2.71 bits per heavy atom. The lowest BCUT2D eigenvalue weighted by Gasteiger charge is -2.40. The molecule has 0 unspecified atom stereocenters. The van der Waals surface area contributed by atoms with Gasteiger partial charge in [0.05, 0.1) is 13.2 Å². The van der Waals surface area contributed by atoms with E-state index in [4.69, 9.17) is 0 Å². The number of hydrogen-bond donors (Lipinski definition) is 1. The minimum absolute atomic E-state index is 0.218. The number of piperidine rings is 1.